The van der Waals surface area contributed by atoms with Crippen molar-refractivity contribution in [2.24, 2.45) is 0 Å². The van der Waals surface area contributed by atoms with Gasteiger partial charge in [0.1, 0.15) is 5.02 Å². The first-order valence-corrected chi connectivity index (χ1v) is 6.64. The summed E-state index contributed by atoms with van der Waals surface area (Å²) in [6, 6.07) is 4.05. The maximum atomic E-state index is 12.2. The van der Waals surface area contributed by atoms with Gasteiger partial charge in [0.25, 0.3) is 11.6 Å². The quantitative estimate of drug-likeness (QED) is 0.623. The van der Waals surface area contributed by atoms with Crippen LogP contribution in [0.3, 0.4) is 0 Å². The molecule has 0 bridgehead atoms. The fraction of sp³-hybridized carbons (Fsp3) is 0.462. The van der Waals surface area contributed by atoms with E-state index < -0.39 is 16.4 Å². The number of nitro benzene ring substituents is 1. The van der Waals surface area contributed by atoms with E-state index in [1.165, 1.54) is 18.2 Å². The molecule has 2 N–H and O–H groups in total. The summed E-state index contributed by atoms with van der Waals surface area (Å²) < 4.78 is 0. The Labute approximate surface area is 121 Å². The Kier molecular flexibility index (Phi) is 5.47. The summed E-state index contributed by atoms with van der Waals surface area (Å²) in [5.74, 6) is -0.531. The number of nitrogens with zero attached hydrogens (tertiary/aromatic N) is 1. The third-order valence-electron chi connectivity index (χ3n) is 3.45. The number of benzene rings is 1. The molecule has 20 heavy (non-hydrogen) atoms. The summed E-state index contributed by atoms with van der Waals surface area (Å²) in [6.07, 6.45) is 1.08. The molecule has 0 heterocycles. The lowest BCUT2D eigenvalue weighted by molar-refractivity contribution is -0.384. The highest BCUT2D eigenvalue weighted by Crippen LogP contribution is 2.28. The van der Waals surface area contributed by atoms with Gasteiger partial charge in [0.2, 0.25) is 0 Å². The fourth-order valence-corrected chi connectivity index (χ4v) is 2.12. The third-order valence-corrected chi connectivity index (χ3v) is 3.85. The number of rotatable bonds is 6. The van der Waals surface area contributed by atoms with Crippen LogP contribution >= 0.6 is 11.6 Å². The van der Waals surface area contributed by atoms with Crippen molar-refractivity contribution < 1.29 is 14.8 Å². The van der Waals surface area contributed by atoms with Crippen molar-refractivity contribution in [3.8, 4) is 0 Å². The van der Waals surface area contributed by atoms with Gasteiger partial charge in [0, 0.05) is 6.07 Å². The summed E-state index contributed by atoms with van der Waals surface area (Å²) in [6.45, 7) is 3.47. The Morgan fingerprint density at radius 3 is 2.50 bits per heavy atom. The van der Waals surface area contributed by atoms with Crippen molar-refractivity contribution in [3.63, 3.8) is 0 Å². The number of nitro groups is 1. The van der Waals surface area contributed by atoms with Crippen LogP contribution < -0.4 is 5.32 Å². The van der Waals surface area contributed by atoms with E-state index in [4.69, 9.17) is 11.6 Å². The number of hydrogen-bond donors (Lipinski definition) is 2. The summed E-state index contributed by atoms with van der Waals surface area (Å²) in [7, 11) is 0. The lowest BCUT2D eigenvalue weighted by atomic mass is 9.93. The minimum atomic E-state index is -0.745. The Morgan fingerprint density at radius 1 is 1.45 bits per heavy atom. The molecule has 0 saturated heterocycles. The molecule has 7 heteroatoms. The van der Waals surface area contributed by atoms with Crippen LogP contribution in [-0.2, 0) is 0 Å². The Bertz CT molecular complexity index is 507. The van der Waals surface area contributed by atoms with E-state index in [-0.39, 0.29) is 22.9 Å². The van der Waals surface area contributed by atoms with Gasteiger partial charge in [-0.05, 0) is 18.9 Å². The molecule has 1 aromatic rings. The van der Waals surface area contributed by atoms with Gasteiger partial charge in [0.05, 0.1) is 22.6 Å². The van der Waals surface area contributed by atoms with Crippen molar-refractivity contribution in [1.29, 1.82) is 0 Å². The first-order valence-electron chi connectivity index (χ1n) is 6.27. The maximum absolute atomic E-state index is 12.2. The van der Waals surface area contributed by atoms with E-state index in [1.54, 1.807) is 0 Å². The largest absolute Gasteiger partial charge is 0.394 e. The molecule has 0 atom stereocenters. The number of amides is 1. The van der Waals surface area contributed by atoms with E-state index in [0.29, 0.717) is 12.8 Å². The van der Waals surface area contributed by atoms with E-state index in [2.05, 4.69) is 5.32 Å². The first kappa shape index (κ1) is 16.4. The molecule has 6 nitrogen and oxygen atoms in total. The SMILES string of the molecule is CCC(CC)(CO)NC(=O)c1cccc([N+](=O)[O-])c1Cl. The normalized spacial score (nSPS) is 11.2. The van der Waals surface area contributed by atoms with Gasteiger partial charge in [-0.3, -0.25) is 14.9 Å². The standard InChI is InChI=1S/C13H17ClN2O4/c1-3-13(4-2,8-17)15-12(18)9-6-5-7-10(11(9)14)16(19)20/h5-7,17H,3-4,8H2,1-2H3,(H,15,18). The lowest BCUT2D eigenvalue weighted by Gasteiger charge is -2.30. The summed E-state index contributed by atoms with van der Waals surface area (Å²) >= 11 is 5.89. The Balaban J connectivity index is 3.10. The predicted octanol–water partition coefficient (Wildman–Crippen LogP) is 2.53. The molecule has 0 unspecified atom stereocenters. The van der Waals surface area contributed by atoms with Crippen LogP contribution in [0.1, 0.15) is 37.0 Å². The molecule has 0 aromatic heterocycles. The van der Waals surface area contributed by atoms with Crippen LogP contribution in [-0.4, -0.2) is 28.1 Å². The Hall–Kier alpha value is -1.66. The topological polar surface area (TPSA) is 92.5 Å². The van der Waals surface area contributed by atoms with Crippen molar-refractivity contribution in [1.82, 2.24) is 5.32 Å². The van der Waals surface area contributed by atoms with Gasteiger partial charge in [-0.2, -0.15) is 0 Å². The fourth-order valence-electron chi connectivity index (χ4n) is 1.83. The molecule has 0 radical (unpaired) electrons. The molecule has 1 aromatic carbocycles. The molecule has 0 aliphatic heterocycles. The lowest BCUT2D eigenvalue weighted by Crippen LogP contribution is -2.50. The maximum Gasteiger partial charge on any atom is 0.288 e. The second kappa shape index (κ2) is 6.67. The van der Waals surface area contributed by atoms with Crippen molar-refractivity contribution in [2.75, 3.05) is 6.61 Å². The number of halogens is 1. The molecule has 1 amide bonds. The number of carbonyl (C=O) groups is 1. The van der Waals surface area contributed by atoms with E-state index in [0.717, 1.165) is 0 Å². The highest BCUT2D eigenvalue weighted by atomic mass is 35.5. The van der Waals surface area contributed by atoms with Crippen LogP contribution in [0.4, 0.5) is 5.69 Å². The average molecular weight is 301 g/mol. The molecular weight excluding hydrogens is 284 g/mol. The minimum Gasteiger partial charge on any atom is -0.394 e. The first-order chi connectivity index (χ1) is 9.40. The van der Waals surface area contributed by atoms with Crippen molar-refractivity contribution >= 4 is 23.2 Å². The van der Waals surface area contributed by atoms with Crippen LogP contribution in [0.15, 0.2) is 18.2 Å². The second-order valence-electron chi connectivity index (χ2n) is 4.50. The van der Waals surface area contributed by atoms with Gasteiger partial charge in [-0.25, -0.2) is 0 Å². The zero-order chi connectivity index (χ0) is 15.3. The molecule has 110 valence electrons. The molecule has 0 aliphatic carbocycles. The van der Waals surface area contributed by atoms with Crippen LogP contribution in [0.5, 0.6) is 0 Å². The van der Waals surface area contributed by atoms with Crippen LogP contribution in [0.25, 0.3) is 0 Å². The Morgan fingerprint density at radius 2 is 2.05 bits per heavy atom. The van der Waals surface area contributed by atoms with Gasteiger partial charge >= 0.3 is 0 Å². The number of carbonyl (C=O) groups excluding carboxylic acids is 1. The van der Waals surface area contributed by atoms with Crippen molar-refractivity contribution in [3.05, 3.63) is 38.9 Å². The summed E-state index contributed by atoms with van der Waals surface area (Å²) in [4.78, 5) is 22.4. The highest BCUT2D eigenvalue weighted by molar-refractivity contribution is 6.35. The molecule has 0 spiro atoms. The smallest absolute Gasteiger partial charge is 0.288 e. The van der Waals surface area contributed by atoms with Gasteiger partial charge in [-0.15, -0.1) is 0 Å². The molecule has 0 saturated carbocycles. The number of hydrogen-bond acceptors (Lipinski definition) is 4. The average Bonchev–Trinajstić information content (AvgIpc) is 2.44. The van der Waals surface area contributed by atoms with Gasteiger partial charge in [-0.1, -0.05) is 31.5 Å². The zero-order valence-corrected chi connectivity index (χ0v) is 12.1. The summed E-state index contributed by atoms with van der Waals surface area (Å²) in [5, 5.41) is 22.7. The number of nitrogens with one attached hydrogen (secondary N) is 1. The minimum absolute atomic E-state index is 0.0283. The number of aliphatic hydroxyl groups is 1. The number of aliphatic hydroxyl groups excluding tert-OH is 1. The predicted molar refractivity (Wildman–Crippen MR) is 76.0 cm³/mol. The summed E-state index contributed by atoms with van der Waals surface area (Å²) in [5.41, 5.74) is -1.03. The van der Waals surface area contributed by atoms with Crippen LogP contribution in [0.2, 0.25) is 5.02 Å². The van der Waals surface area contributed by atoms with E-state index >= 15 is 0 Å². The van der Waals surface area contributed by atoms with E-state index in [9.17, 15) is 20.0 Å². The van der Waals surface area contributed by atoms with Gasteiger partial charge < -0.3 is 10.4 Å². The second-order valence-corrected chi connectivity index (χ2v) is 4.87. The molecular formula is C13H17ClN2O4. The molecule has 0 aliphatic rings. The molecule has 0 fully saturated rings. The molecule has 1 rings (SSSR count). The van der Waals surface area contributed by atoms with Crippen LogP contribution in [0, 0.1) is 10.1 Å². The van der Waals surface area contributed by atoms with Gasteiger partial charge in [0.15, 0.2) is 0 Å². The third kappa shape index (κ3) is 3.26. The van der Waals surface area contributed by atoms with Crippen molar-refractivity contribution in [2.45, 2.75) is 32.2 Å². The zero-order valence-electron chi connectivity index (χ0n) is 11.4. The van der Waals surface area contributed by atoms with E-state index in [1.807, 2.05) is 13.8 Å². The monoisotopic (exact) mass is 300 g/mol. The highest BCUT2D eigenvalue weighted by Gasteiger charge is 2.29.